The van der Waals surface area contributed by atoms with E-state index in [0.717, 1.165) is 18.7 Å². The Balaban J connectivity index is 2.23. The van der Waals surface area contributed by atoms with Crippen LogP contribution in [-0.2, 0) is 4.79 Å². The van der Waals surface area contributed by atoms with Crippen molar-refractivity contribution in [2.24, 2.45) is 5.73 Å². The van der Waals surface area contributed by atoms with Gasteiger partial charge in [-0.15, -0.1) is 0 Å². The molecule has 5 heteroatoms. The van der Waals surface area contributed by atoms with Crippen LogP contribution in [-0.4, -0.2) is 37.0 Å². The third-order valence-corrected chi connectivity index (χ3v) is 3.53. The molecule has 98 valence electrons. The van der Waals surface area contributed by atoms with E-state index in [0.29, 0.717) is 24.5 Å². The molecule has 1 saturated heterocycles. The van der Waals surface area contributed by atoms with E-state index in [1.165, 1.54) is 0 Å². The molecule has 3 N–H and O–H groups in total. The van der Waals surface area contributed by atoms with Gasteiger partial charge in [-0.05, 0) is 11.6 Å². The smallest absolute Gasteiger partial charge is 0.224 e. The molecule has 18 heavy (non-hydrogen) atoms. The third-order valence-electron chi connectivity index (χ3n) is 3.19. The first-order valence-electron chi connectivity index (χ1n) is 6.18. The number of nitrogens with zero attached hydrogens (tertiary/aromatic N) is 1. The highest BCUT2D eigenvalue weighted by Gasteiger charge is 2.28. The molecule has 1 fully saturated rings. The minimum absolute atomic E-state index is 0.00602. The number of nitrogens with two attached hydrogens (primary N) is 1. The summed E-state index contributed by atoms with van der Waals surface area (Å²) in [6.45, 7) is 2.64. The van der Waals surface area contributed by atoms with Gasteiger partial charge in [0.2, 0.25) is 5.91 Å². The van der Waals surface area contributed by atoms with Crippen LogP contribution in [0.4, 0.5) is 0 Å². The Morgan fingerprint density at radius 2 is 2.28 bits per heavy atom. The fourth-order valence-electron chi connectivity index (χ4n) is 2.29. The van der Waals surface area contributed by atoms with Crippen LogP contribution in [0.2, 0.25) is 5.02 Å². The molecular weight excluding hydrogens is 250 g/mol. The summed E-state index contributed by atoms with van der Waals surface area (Å²) in [6.07, 6.45) is 0.390. The second-order valence-electron chi connectivity index (χ2n) is 4.37. The first kappa shape index (κ1) is 13.3. The average Bonchev–Trinajstić information content (AvgIpc) is 2.40. The lowest BCUT2D eigenvalue weighted by Crippen LogP contribution is -2.49. The van der Waals surface area contributed by atoms with Crippen molar-refractivity contribution >= 4 is 17.5 Å². The predicted octanol–water partition coefficient (Wildman–Crippen LogP) is 1.16. The van der Waals surface area contributed by atoms with Crippen LogP contribution in [0.3, 0.4) is 0 Å². The SMILES string of the molecule is NCCC(=O)N1CCNCC1c1ccccc1Cl. The van der Waals surface area contributed by atoms with Crippen molar-refractivity contribution in [1.82, 2.24) is 10.2 Å². The maximum absolute atomic E-state index is 12.1. The molecule has 0 aliphatic carbocycles. The van der Waals surface area contributed by atoms with Crippen LogP contribution < -0.4 is 11.1 Å². The van der Waals surface area contributed by atoms with Crippen LogP contribution in [0.1, 0.15) is 18.0 Å². The number of halogens is 1. The number of benzene rings is 1. The first-order chi connectivity index (χ1) is 8.74. The van der Waals surface area contributed by atoms with E-state index >= 15 is 0 Å². The molecule has 1 unspecified atom stereocenters. The topological polar surface area (TPSA) is 58.4 Å². The summed E-state index contributed by atoms with van der Waals surface area (Å²) in [5, 5.41) is 4.01. The summed E-state index contributed by atoms with van der Waals surface area (Å²) in [5.41, 5.74) is 6.46. The number of carbonyl (C=O) groups is 1. The molecule has 0 spiro atoms. The highest BCUT2D eigenvalue weighted by molar-refractivity contribution is 6.31. The molecule has 4 nitrogen and oxygen atoms in total. The van der Waals surface area contributed by atoms with Gasteiger partial charge in [-0.3, -0.25) is 4.79 Å². The summed E-state index contributed by atoms with van der Waals surface area (Å²) in [6, 6.07) is 7.68. The summed E-state index contributed by atoms with van der Waals surface area (Å²) >= 11 is 6.21. The fraction of sp³-hybridized carbons (Fsp3) is 0.462. The van der Waals surface area contributed by atoms with Crippen molar-refractivity contribution in [3.8, 4) is 0 Å². The van der Waals surface area contributed by atoms with Crippen LogP contribution in [0, 0.1) is 0 Å². The van der Waals surface area contributed by atoms with E-state index in [2.05, 4.69) is 5.32 Å². The van der Waals surface area contributed by atoms with Crippen molar-refractivity contribution in [3.05, 3.63) is 34.9 Å². The van der Waals surface area contributed by atoms with E-state index in [9.17, 15) is 4.79 Å². The van der Waals surface area contributed by atoms with Gasteiger partial charge in [0.25, 0.3) is 0 Å². The molecule has 1 aromatic carbocycles. The average molecular weight is 268 g/mol. The highest BCUT2D eigenvalue weighted by atomic mass is 35.5. The number of amides is 1. The normalized spacial score (nSPS) is 19.9. The largest absolute Gasteiger partial charge is 0.333 e. The summed E-state index contributed by atoms with van der Waals surface area (Å²) in [7, 11) is 0. The van der Waals surface area contributed by atoms with Gasteiger partial charge < -0.3 is 16.0 Å². The van der Waals surface area contributed by atoms with Gasteiger partial charge in [0.05, 0.1) is 6.04 Å². The zero-order valence-electron chi connectivity index (χ0n) is 10.2. The van der Waals surface area contributed by atoms with Gasteiger partial charge in [-0.2, -0.15) is 0 Å². The number of nitrogens with one attached hydrogen (secondary N) is 1. The Kier molecular flexibility index (Phi) is 4.58. The Morgan fingerprint density at radius 3 is 3.00 bits per heavy atom. The second-order valence-corrected chi connectivity index (χ2v) is 4.77. The molecule has 1 heterocycles. The second kappa shape index (κ2) is 6.18. The highest BCUT2D eigenvalue weighted by Crippen LogP contribution is 2.28. The zero-order chi connectivity index (χ0) is 13.0. The Labute approximate surface area is 112 Å². The first-order valence-corrected chi connectivity index (χ1v) is 6.56. The van der Waals surface area contributed by atoms with Crippen molar-refractivity contribution in [2.45, 2.75) is 12.5 Å². The number of hydrogen-bond acceptors (Lipinski definition) is 3. The number of piperazine rings is 1. The molecule has 1 amide bonds. The number of hydrogen-bond donors (Lipinski definition) is 2. The van der Waals surface area contributed by atoms with E-state index < -0.39 is 0 Å². The molecule has 0 radical (unpaired) electrons. The van der Waals surface area contributed by atoms with E-state index in [-0.39, 0.29) is 11.9 Å². The fourth-order valence-corrected chi connectivity index (χ4v) is 2.55. The monoisotopic (exact) mass is 267 g/mol. The summed E-state index contributed by atoms with van der Waals surface area (Å²) in [5.74, 6) is 0.101. The Hall–Kier alpha value is -1.10. The van der Waals surface area contributed by atoms with Crippen molar-refractivity contribution in [2.75, 3.05) is 26.2 Å². The van der Waals surface area contributed by atoms with Gasteiger partial charge in [0, 0.05) is 37.6 Å². The summed E-state index contributed by atoms with van der Waals surface area (Å²) in [4.78, 5) is 13.9. The van der Waals surface area contributed by atoms with E-state index in [1.807, 2.05) is 29.2 Å². The van der Waals surface area contributed by atoms with Gasteiger partial charge in [0.15, 0.2) is 0 Å². The van der Waals surface area contributed by atoms with Gasteiger partial charge in [-0.1, -0.05) is 29.8 Å². The van der Waals surface area contributed by atoms with Gasteiger partial charge in [0.1, 0.15) is 0 Å². The van der Waals surface area contributed by atoms with Crippen LogP contribution in [0.5, 0.6) is 0 Å². The lowest BCUT2D eigenvalue weighted by molar-refractivity contribution is -0.134. The molecule has 0 aromatic heterocycles. The molecule has 0 saturated carbocycles. The standard InChI is InChI=1S/C13H18ClN3O/c14-11-4-2-1-3-10(11)12-9-16-7-8-17(12)13(18)5-6-15/h1-4,12,16H,5-9,15H2. The van der Waals surface area contributed by atoms with Crippen LogP contribution in [0.25, 0.3) is 0 Å². The minimum Gasteiger partial charge on any atom is -0.333 e. The van der Waals surface area contributed by atoms with Crippen molar-refractivity contribution in [3.63, 3.8) is 0 Å². The van der Waals surface area contributed by atoms with E-state index in [1.54, 1.807) is 0 Å². The molecule has 1 aliphatic rings. The molecule has 1 atom stereocenters. The van der Waals surface area contributed by atoms with E-state index in [4.69, 9.17) is 17.3 Å². The maximum atomic E-state index is 12.1. The third kappa shape index (κ3) is 2.83. The molecule has 2 rings (SSSR count). The number of carbonyl (C=O) groups excluding carboxylic acids is 1. The van der Waals surface area contributed by atoms with Crippen molar-refractivity contribution < 1.29 is 4.79 Å². The molecule has 1 aliphatic heterocycles. The van der Waals surface area contributed by atoms with Crippen molar-refractivity contribution in [1.29, 1.82) is 0 Å². The quantitative estimate of drug-likeness (QED) is 0.864. The van der Waals surface area contributed by atoms with Gasteiger partial charge >= 0.3 is 0 Å². The molecular formula is C13H18ClN3O. The summed E-state index contributed by atoms with van der Waals surface area (Å²) < 4.78 is 0. The van der Waals surface area contributed by atoms with Crippen LogP contribution >= 0.6 is 11.6 Å². The minimum atomic E-state index is 0.00602. The predicted molar refractivity (Wildman–Crippen MR) is 72.4 cm³/mol. The lowest BCUT2D eigenvalue weighted by atomic mass is 10.0. The number of rotatable bonds is 3. The molecule has 0 bridgehead atoms. The maximum Gasteiger partial charge on any atom is 0.224 e. The lowest BCUT2D eigenvalue weighted by Gasteiger charge is -2.37. The Morgan fingerprint density at radius 1 is 1.50 bits per heavy atom. The van der Waals surface area contributed by atoms with Gasteiger partial charge in [-0.25, -0.2) is 0 Å². The zero-order valence-corrected chi connectivity index (χ0v) is 11.0. The molecule has 1 aromatic rings. The van der Waals surface area contributed by atoms with Crippen LogP contribution in [0.15, 0.2) is 24.3 Å². The Bertz CT molecular complexity index is 424.